The van der Waals surface area contributed by atoms with Gasteiger partial charge in [0.1, 0.15) is 11.7 Å². The summed E-state index contributed by atoms with van der Waals surface area (Å²) >= 11 is 5.89. The molecule has 0 radical (unpaired) electrons. The maximum Gasteiger partial charge on any atom is 0.258 e. The number of nitrogens with zero attached hydrogens (tertiary/aromatic N) is 2. The number of hydrogen-bond donors (Lipinski definition) is 2. The number of amides is 1. The Labute approximate surface area is 121 Å². The zero-order chi connectivity index (χ0) is 15.3. The Bertz CT molecular complexity index is 500. The van der Waals surface area contributed by atoms with E-state index in [0.29, 0.717) is 0 Å². The molecule has 0 spiro atoms. The molecule has 3 N–H and O–H groups in total. The maximum absolute atomic E-state index is 13.8. The summed E-state index contributed by atoms with van der Waals surface area (Å²) in [6.45, 7) is 3.79. The zero-order valence-electron chi connectivity index (χ0n) is 11.3. The van der Waals surface area contributed by atoms with Gasteiger partial charge < -0.3 is 15.8 Å². The van der Waals surface area contributed by atoms with Crippen molar-refractivity contribution in [3.05, 3.63) is 34.6 Å². The van der Waals surface area contributed by atoms with Crippen molar-refractivity contribution < 1.29 is 14.4 Å². The summed E-state index contributed by atoms with van der Waals surface area (Å²) in [6, 6.07) is 3.90. The molecule has 110 valence electrons. The quantitative estimate of drug-likeness (QED) is 0.379. The van der Waals surface area contributed by atoms with Gasteiger partial charge in [0.05, 0.1) is 10.6 Å². The van der Waals surface area contributed by atoms with Crippen molar-refractivity contribution >= 4 is 23.3 Å². The first-order chi connectivity index (χ1) is 9.38. The highest BCUT2D eigenvalue weighted by molar-refractivity contribution is 6.33. The van der Waals surface area contributed by atoms with Crippen LogP contribution < -0.4 is 5.73 Å². The second-order valence-corrected chi connectivity index (χ2v) is 4.94. The van der Waals surface area contributed by atoms with Crippen molar-refractivity contribution in [3.8, 4) is 0 Å². The average Bonchev–Trinajstić information content (AvgIpc) is 2.38. The number of halogens is 2. The number of hydrogen-bond acceptors (Lipinski definition) is 3. The van der Waals surface area contributed by atoms with Crippen LogP contribution >= 0.6 is 11.6 Å². The number of benzene rings is 1. The average molecular weight is 302 g/mol. The van der Waals surface area contributed by atoms with E-state index in [1.807, 2.05) is 0 Å². The molecule has 1 aromatic rings. The highest BCUT2D eigenvalue weighted by Gasteiger charge is 2.24. The number of oxime groups is 1. The molecule has 5 nitrogen and oxygen atoms in total. The van der Waals surface area contributed by atoms with E-state index in [0.717, 1.165) is 0 Å². The predicted octanol–water partition coefficient (Wildman–Crippen LogP) is 2.47. The molecule has 0 aliphatic heterocycles. The SMILES string of the molecule is CC(C)N(CCC(N)=NO)C(=O)c1c(F)cccc1Cl. The van der Waals surface area contributed by atoms with Crippen molar-refractivity contribution in [1.82, 2.24) is 4.90 Å². The summed E-state index contributed by atoms with van der Waals surface area (Å²) in [7, 11) is 0. The van der Waals surface area contributed by atoms with Gasteiger partial charge in [-0.25, -0.2) is 4.39 Å². The van der Waals surface area contributed by atoms with E-state index in [1.165, 1.54) is 23.1 Å². The predicted molar refractivity (Wildman–Crippen MR) is 75.6 cm³/mol. The molecule has 1 aromatic carbocycles. The molecular weight excluding hydrogens is 285 g/mol. The lowest BCUT2D eigenvalue weighted by Gasteiger charge is -2.27. The van der Waals surface area contributed by atoms with E-state index >= 15 is 0 Å². The zero-order valence-corrected chi connectivity index (χ0v) is 12.1. The van der Waals surface area contributed by atoms with Crippen LogP contribution in [0.25, 0.3) is 0 Å². The maximum atomic E-state index is 13.8. The largest absolute Gasteiger partial charge is 0.409 e. The third-order valence-electron chi connectivity index (χ3n) is 2.80. The third-order valence-corrected chi connectivity index (χ3v) is 3.11. The summed E-state index contributed by atoms with van der Waals surface area (Å²) in [5.41, 5.74) is 5.22. The van der Waals surface area contributed by atoms with E-state index in [2.05, 4.69) is 5.16 Å². The minimum Gasteiger partial charge on any atom is -0.409 e. The van der Waals surface area contributed by atoms with Crippen molar-refractivity contribution in [1.29, 1.82) is 0 Å². The molecule has 0 saturated carbocycles. The van der Waals surface area contributed by atoms with Gasteiger partial charge >= 0.3 is 0 Å². The molecule has 7 heteroatoms. The van der Waals surface area contributed by atoms with Crippen LogP contribution in [0.15, 0.2) is 23.4 Å². The van der Waals surface area contributed by atoms with Crippen LogP contribution in [0.2, 0.25) is 5.02 Å². The van der Waals surface area contributed by atoms with E-state index in [4.69, 9.17) is 22.5 Å². The Hall–Kier alpha value is -1.82. The molecule has 0 fully saturated rings. The van der Waals surface area contributed by atoms with Crippen LogP contribution in [-0.4, -0.2) is 34.4 Å². The van der Waals surface area contributed by atoms with Gasteiger partial charge in [0.25, 0.3) is 5.91 Å². The summed E-state index contributed by atoms with van der Waals surface area (Å²) < 4.78 is 13.8. The highest BCUT2D eigenvalue weighted by atomic mass is 35.5. The van der Waals surface area contributed by atoms with Crippen molar-refractivity contribution in [2.24, 2.45) is 10.9 Å². The number of nitrogens with two attached hydrogens (primary N) is 1. The van der Waals surface area contributed by atoms with Crippen LogP contribution in [0.3, 0.4) is 0 Å². The monoisotopic (exact) mass is 301 g/mol. The topological polar surface area (TPSA) is 78.9 Å². The Kier molecular flexibility index (Phi) is 5.76. The lowest BCUT2D eigenvalue weighted by Crippen LogP contribution is -2.39. The number of amidine groups is 1. The van der Waals surface area contributed by atoms with Crippen LogP contribution in [0.5, 0.6) is 0 Å². The molecule has 0 atom stereocenters. The fourth-order valence-corrected chi connectivity index (χ4v) is 1.97. The number of carbonyl (C=O) groups is 1. The minimum atomic E-state index is -0.669. The lowest BCUT2D eigenvalue weighted by atomic mass is 10.1. The molecule has 0 bridgehead atoms. The first kappa shape index (κ1) is 16.2. The molecule has 20 heavy (non-hydrogen) atoms. The second kappa shape index (κ2) is 7.09. The van der Waals surface area contributed by atoms with Crippen LogP contribution in [0, 0.1) is 5.82 Å². The van der Waals surface area contributed by atoms with Crippen LogP contribution in [0.1, 0.15) is 30.6 Å². The van der Waals surface area contributed by atoms with E-state index in [-0.39, 0.29) is 35.4 Å². The van der Waals surface area contributed by atoms with Crippen molar-refractivity contribution in [3.63, 3.8) is 0 Å². The standard InChI is InChI=1S/C13H17ClFN3O2/c1-8(2)18(7-6-11(16)17-20)13(19)12-9(14)4-3-5-10(12)15/h3-5,8,20H,6-7H2,1-2H3,(H2,16,17). The summed E-state index contributed by atoms with van der Waals surface area (Å²) in [5.74, 6) is -1.19. The van der Waals surface area contributed by atoms with Gasteiger partial charge in [0.15, 0.2) is 0 Å². The highest BCUT2D eigenvalue weighted by Crippen LogP contribution is 2.21. The molecule has 1 rings (SSSR count). The summed E-state index contributed by atoms with van der Waals surface area (Å²) in [6.07, 6.45) is 0.187. The van der Waals surface area contributed by atoms with E-state index in [9.17, 15) is 9.18 Å². The Morgan fingerprint density at radius 1 is 1.55 bits per heavy atom. The molecular formula is C13H17ClFN3O2. The second-order valence-electron chi connectivity index (χ2n) is 4.53. The smallest absolute Gasteiger partial charge is 0.258 e. The van der Waals surface area contributed by atoms with Gasteiger partial charge in [-0.1, -0.05) is 22.8 Å². The van der Waals surface area contributed by atoms with E-state index in [1.54, 1.807) is 13.8 Å². The van der Waals surface area contributed by atoms with Gasteiger partial charge in [-0.3, -0.25) is 4.79 Å². The minimum absolute atomic E-state index is 0.00285. The molecule has 0 aromatic heterocycles. The molecule has 0 heterocycles. The summed E-state index contributed by atoms with van der Waals surface area (Å²) in [4.78, 5) is 13.8. The molecule has 0 saturated heterocycles. The van der Waals surface area contributed by atoms with Crippen molar-refractivity contribution in [2.75, 3.05) is 6.54 Å². The summed E-state index contributed by atoms with van der Waals surface area (Å²) in [5, 5.41) is 11.4. The van der Waals surface area contributed by atoms with Gasteiger partial charge in [0.2, 0.25) is 0 Å². The molecule has 0 unspecified atom stereocenters. The first-order valence-electron chi connectivity index (χ1n) is 6.09. The van der Waals surface area contributed by atoms with Crippen LogP contribution in [-0.2, 0) is 0 Å². The van der Waals surface area contributed by atoms with Gasteiger partial charge in [-0.15, -0.1) is 0 Å². The normalized spacial score (nSPS) is 11.8. The van der Waals surface area contributed by atoms with Gasteiger partial charge in [0, 0.05) is 19.0 Å². The van der Waals surface area contributed by atoms with Crippen molar-refractivity contribution in [2.45, 2.75) is 26.3 Å². The number of rotatable bonds is 5. The Morgan fingerprint density at radius 2 is 2.20 bits per heavy atom. The first-order valence-corrected chi connectivity index (χ1v) is 6.47. The number of carbonyl (C=O) groups excluding carboxylic acids is 1. The lowest BCUT2D eigenvalue weighted by molar-refractivity contribution is 0.0706. The third kappa shape index (κ3) is 3.84. The van der Waals surface area contributed by atoms with E-state index < -0.39 is 11.7 Å². The molecule has 0 aliphatic carbocycles. The molecule has 1 amide bonds. The van der Waals surface area contributed by atoms with Gasteiger partial charge in [-0.2, -0.15) is 0 Å². The van der Waals surface area contributed by atoms with Gasteiger partial charge in [-0.05, 0) is 26.0 Å². The Balaban J connectivity index is 3.00. The fourth-order valence-electron chi connectivity index (χ4n) is 1.72. The Morgan fingerprint density at radius 3 is 2.70 bits per heavy atom. The van der Waals surface area contributed by atoms with Crippen LogP contribution in [0.4, 0.5) is 4.39 Å². The fraction of sp³-hybridized carbons (Fsp3) is 0.385. The molecule has 0 aliphatic rings.